The third-order valence-corrected chi connectivity index (χ3v) is 3.38. The lowest BCUT2D eigenvalue weighted by Crippen LogP contribution is -2.34. The summed E-state index contributed by atoms with van der Waals surface area (Å²) >= 11 is 0. The number of nitrogens with one attached hydrogen (secondary N) is 2. The molecule has 2 rings (SSSR count). The number of hydrogen-bond acceptors (Lipinski definition) is 4. The number of aliphatic hydroxyl groups excluding tert-OH is 2. The fraction of sp³-hybridized carbons (Fsp3) is 0.500. The zero-order valence-corrected chi connectivity index (χ0v) is 11.0. The summed E-state index contributed by atoms with van der Waals surface area (Å²) in [7, 11) is 0. The van der Waals surface area contributed by atoms with Gasteiger partial charge in [-0.15, -0.1) is 0 Å². The molecule has 0 saturated carbocycles. The van der Waals surface area contributed by atoms with Crippen molar-refractivity contribution < 1.29 is 15.0 Å². The maximum Gasteiger partial charge on any atom is 0.216 e. The van der Waals surface area contributed by atoms with Crippen molar-refractivity contribution >= 4 is 5.91 Å². The van der Waals surface area contributed by atoms with Crippen molar-refractivity contribution in [3.05, 3.63) is 34.9 Å². The average Bonchev–Trinajstić information content (AvgIpc) is 2.43. The summed E-state index contributed by atoms with van der Waals surface area (Å²) in [5.74, 6) is -0.221. The lowest BCUT2D eigenvalue weighted by molar-refractivity contribution is -0.119. The van der Waals surface area contributed by atoms with Crippen LogP contribution in [-0.4, -0.2) is 35.3 Å². The van der Waals surface area contributed by atoms with E-state index in [1.54, 1.807) is 0 Å². The lowest BCUT2D eigenvalue weighted by atomic mass is 9.95. The van der Waals surface area contributed by atoms with Gasteiger partial charge in [0, 0.05) is 20.0 Å². The summed E-state index contributed by atoms with van der Waals surface area (Å²) in [5.41, 5.74) is 3.13. The fourth-order valence-electron chi connectivity index (χ4n) is 2.27. The minimum absolute atomic E-state index is 0.0475. The summed E-state index contributed by atoms with van der Waals surface area (Å²) < 4.78 is 0. The Labute approximate surface area is 112 Å². The van der Waals surface area contributed by atoms with E-state index in [1.165, 1.54) is 12.5 Å². The van der Waals surface area contributed by atoms with Crippen LogP contribution in [0.4, 0.5) is 0 Å². The first-order valence-electron chi connectivity index (χ1n) is 6.51. The molecule has 0 aliphatic carbocycles. The summed E-state index contributed by atoms with van der Waals surface area (Å²) in [4.78, 5) is 10.8. The molecular formula is C14H20N2O3. The van der Waals surface area contributed by atoms with E-state index in [-0.39, 0.29) is 12.5 Å². The molecule has 0 spiro atoms. The van der Waals surface area contributed by atoms with Crippen LogP contribution in [0.2, 0.25) is 0 Å². The number of carbonyl (C=O) groups excluding carboxylic acids is 1. The highest BCUT2D eigenvalue weighted by atomic mass is 16.3. The van der Waals surface area contributed by atoms with Gasteiger partial charge in [-0.2, -0.15) is 0 Å². The molecule has 1 amide bonds. The van der Waals surface area contributed by atoms with Gasteiger partial charge >= 0.3 is 0 Å². The van der Waals surface area contributed by atoms with Gasteiger partial charge in [0.05, 0.1) is 0 Å². The highest BCUT2D eigenvalue weighted by Gasteiger charge is 2.20. The molecule has 104 valence electrons. The van der Waals surface area contributed by atoms with Gasteiger partial charge in [0.15, 0.2) is 0 Å². The molecule has 2 atom stereocenters. The maximum atomic E-state index is 10.8. The zero-order chi connectivity index (χ0) is 13.8. The second-order valence-electron chi connectivity index (χ2n) is 4.90. The van der Waals surface area contributed by atoms with Crippen molar-refractivity contribution in [3.63, 3.8) is 0 Å². The van der Waals surface area contributed by atoms with Gasteiger partial charge in [0.1, 0.15) is 12.2 Å². The summed E-state index contributed by atoms with van der Waals surface area (Å²) in [5, 5.41) is 25.7. The third-order valence-electron chi connectivity index (χ3n) is 3.38. The lowest BCUT2D eigenvalue weighted by Gasteiger charge is -2.22. The molecule has 0 bridgehead atoms. The van der Waals surface area contributed by atoms with Crippen LogP contribution < -0.4 is 10.6 Å². The van der Waals surface area contributed by atoms with Gasteiger partial charge in [0.2, 0.25) is 5.91 Å². The molecule has 1 aromatic carbocycles. The molecule has 0 radical (unpaired) electrons. The van der Waals surface area contributed by atoms with Crippen molar-refractivity contribution in [3.8, 4) is 0 Å². The zero-order valence-electron chi connectivity index (χ0n) is 11.0. The highest BCUT2D eigenvalue weighted by Crippen LogP contribution is 2.22. The monoisotopic (exact) mass is 264 g/mol. The molecule has 4 N–H and O–H groups in total. The van der Waals surface area contributed by atoms with Crippen molar-refractivity contribution in [2.45, 2.75) is 32.1 Å². The number of carbonyl (C=O) groups is 1. The minimum atomic E-state index is -1.00. The molecule has 5 nitrogen and oxygen atoms in total. The summed E-state index contributed by atoms with van der Waals surface area (Å²) in [6, 6.07) is 5.76. The first kappa shape index (κ1) is 14.0. The number of amides is 1. The molecule has 19 heavy (non-hydrogen) atoms. The van der Waals surface area contributed by atoms with Gasteiger partial charge < -0.3 is 20.8 Å². The second-order valence-corrected chi connectivity index (χ2v) is 4.90. The topological polar surface area (TPSA) is 81.6 Å². The van der Waals surface area contributed by atoms with Crippen LogP contribution >= 0.6 is 0 Å². The van der Waals surface area contributed by atoms with Crippen molar-refractivity contribution in [2.75, 3.05) is 13.1 Å². The SMILES string of the molecule is CC(=O)NCC(O)C(O)c1ccc2c(c1)CNCC2. The van der Waals surface area contributed by atoms with Crippen molar-refractivity contribution in [1.82, 2.24) is 10.6 Å². The quantitative estimate of drug-likeness (QED) is 0.610. The molecule has 1 aliphatic heterocycles. The first-order valence-corrected chi connectivity index (χ1v) is 6.51. The smallest absolute Gasteiger partial charge is 0.216 e. The van der Waals surface area contributed by atoms with Crippen LogP contribution in [0.25, 0.3) is 0 Å². The average molecular weight is 264 g/mol. The molecule has 1 aliphatic rings. The molecule has 0 aromatic heterocycles. The molecular weight excluding hydrogens is 244 g/mol. The number of benzene rings is 1. The van der Waals surface area contributed by atoms with E-state index < -0.39 is 12.2 Å². The summed E-state index contributed by atoms with van der Waals surface area (Å²) in [6.45, 7) is 3.19. The van der Waals surface area contributed by atoms with Crippen LogP contribution in [0.3, 0.4) is 0 Å². The van der Waals surface area contributed by atoms with E-state index in [4.69, 9.17) is 0 Å². The Hall–Kier alpha value is -1.43. The normalized spacial score (nSPS) is 17.4. The number of aliphatic hydroxyl groups is 2. The van der Waals surface area contributed by atoms with Crippen LogP contribution in [0.15, 0.2) is 18.2 Å². The number of fused-ring (bicyclic) bond motifs is 1. The third kappa shape index (κ3) is 3.53. The Balaban J connectivity index is 2.06. The van der Waals surface area contributed by atoms with Gasteiger partial charge in [-0.25, -0.2) is 0 Å². The number of hydrogen-bond donors (Lipinski definition) is 4. The molecule has 5 heteroatoms. The Bertz CT molecular complexity index is 462. The van der Waals surface area contributed by atoms with E-state index in [0.717, 1.165) is 25.1 Å². The van der Waals surface area contributed by atoms with E-state index >= 15 is 0 Å². The Morgan fingerprint density at radius 2 is 2.21 bits per heavy atom. The highest BCUT2D eigenvalue weighted by molar-refractivity contribution is 5.72. The standard InChI is InChI=1S/C14H20N2O3/c1-9(17)16-8-13(18)14(19)11-3-2-10-4-5-15-7-12(10)6-11/h2-3,6,13-15,18-19H,4-5,7-8H2,1H3,(H,16,17). The Kier molecular flexibility index (Phi) is 4.52. The van der Waals surface area contributed by atoms with E-state index in [9.17, 15) is 15.0 Å². The van der Waals surface area contributed by atoms with E-state index in [2.05, 4.69) is 10.6 Å². The Morgan fingerprint density at radius 3 is 2.95 bits per heavy atom. The Morgan fingerprint density at radius 1 is 1.42 bits per heavy atom. The predicted octanol–water partition coefficient (Wildman–Crippen LogP) is -0.137. The van der Waals surface area contributed by atoms with Gasteiger partial charge in [-0.3, -0.25) is 4.79 Å². The predicted molar refractivity (Wildman–Crippen MR) is 71.5 cm³/mol. The first-order chi connectivity index (χ1) is 9.08. The molecule has 1 heterocycles. The van der Waals surface area contributed by atoms with Gasteiger partial charge in [-0.1, -0.05) is 18.2 Å². The fourth-order valence-corrected chi connectivity index (χ4v) is 2.27. The van der Waals surface area contributed by atoms with Crippen molar-refractivity contribution in [2.24, 2.45) is 0 Å². The van der Waals surface area contributed by atoms with Gasteiger partial charge in [0.25, 0.3) is 0 Å². The van der Waals surface area contributed by atoms with E-state index in [0.29, 0.717) is 5.56 Å². The molecule has 2 unspecified atom stereocenters. The van der Waals surface area contributed by atoms with Crippen LogP contribution in [0.1, 0.15) is 29.7 Å². The number of rotatable bonds is 4. The van der Waals surface area contributed by atoms with Crippen LogP contribution in [0, 0.1) is 0 Å². The molecule has 1 aromatic rings. The largest absolute Gasteiger partial charge is 0.388 e. The summed E-state index contributed by atoms with van der Waals surface area (Å²) in [6.07, 6.45) is -1.00. The van der Waals surface area contributed by atoms with E-state index in [1.807, 2.05) is 18.2 Å². The van der Waals surface area contributed by atoms with Crippen LogP contribution in [0.5, 0.6) is 0 Å². The van der Waals surface area contributed by atoms with Gasteiger partial charge in [-0.05, 0) is 29.7 Å². The molecule has 0 fully saturated rings. The van der Waals surface area contributed by atoms with Crippen LogP contribution in [-0.2, 0) is 17.8 Å². The molecule has 0 saturated heterocycles. The second kappa shape index (κ2) is 6.14. The maximum absolute atomic E-state index is 10.8. The van der Waals surface area contributed by atoms with Crippen molar-refractivity contribution in [1.29, 1.82) is 0 Å². The minimum Gasteiger partial charge on any atom is -0.388 e.